The summed E-state index contributed by atoms with van der Waals surface area (Å²) in [6.07, 6.45) is 1.55. The van der Waals surface area contributed by atoms with E-state index < -0.39 is 11.5 Å². The molecule has 0 aromatic heterocycles. The van der Waals surface area contributed by atoms with E-state index in [0.717, 1.165) is 12.5 Å². The molecule has 0 heterocycles. The molecule has 0 spiro atoms. The minimum absolute atomic E-state index is 0.148. The second-order valence-corrected chi connectivity index (χ2v) is 2.81. The standard InChI is InChI=1S/C7H10F2O/c8-6(9)4-7(5-10)2-1-3-7/h4,10H,1-3,5H2. The summed E-state index contributed by atoms with van der Waals surface area (Å²) in [6.45, 7) is -0.148. The van der Waals surface area contributed by atoms with Gasteiger partial charge in [0.25, 0.3) is 6.08 Å². The van der Waals surface area contributed by atoms with Crippen molar-refractivity contribution >= 4 is 0 Å². The molecule has 0 aromatic carbocycles. The van der Waals surface area contributed by atoms with Crippen LogP contribution in [0.2, 0.25) is 0 Å². The number of rotatable bonds is 2. The molecule has 1 saturated carbocycles. The van der Waals surface area contributed by atoms with Crippen molar-refractivity contribution in [3.8, 4) is 0 Å². The maximum atomic E-state index is 11.7. The van der Waals surface area contributed by atoms with Gasteiger partial charge in [-0.25, -0.2) is 0 Å². The molecule has 1 N–H and O–H groups in total. The van der Waals surface area contributed by atoms with Crippen LogP contribution in [0.4, 0.5) is 8.78 Å². The van der Waals surface area contributed by atoms with Crippen molar-refractivity contribution in [3.63, 3.8) is 0 Å². The normalized spacial score (nSPS) is 21.5. The van der Waals surface area contributed by atoms with Crippen LogP contribution in [0, 0.1) is 5.41 Å². The van der Waals surface area contributed by atoms with Crippen molar-refractivity contribution in [1.29, 1.82) is 0 Å². The summed E-state index contributed by atoms with van der Waals surface area (Å²) >= 11 is 0. The van der Waals surface area contributed by atoms with Gasteiger partial charge in [0.1, 0.15) is 0 Å². The quantitative estimate of drug-likeness (QED) is 0.634. The summed E-state index contributed by atoms with van der Waals surface area (Å²) in [5, 5.41) is 8.71. The van der Waals surface area contributed by atoms with Gasteiger partial charge in [-0.15, -0.1) is 0 Å². The van der Waals surface area contributed by atoms with Crippen molar-refractivity contribution in [2.75, 3.05) is 6.61 Å². The zero-order valence-electron chi connectivity index (χ0n) is 5.61. The number of halogens is 2. The number of aliphatic hydroxyl groups excluding tert-OH is 1. The lowest BCUT2D eigenvalue weighted by molar-refractivity contribution is 0.0876. The van der Waals surface area contributed by atoms with Crippen LogP contribution < -0.4 is 0 Å². The van der Waals surface area contributed by atoms with Crippen LogP contribution >= 0.6 is 0 Å². The van der Waals surface area contributed by atoms with Gasteiger partial charge in [-0.05, 0) is 18.9 Å². The van der Waals surface area contributed by atoms with Crippen molar-refractivity contribution in [2.45, 2.75) is 19.3 Å². The fraction of sp³-hybridized carbons (Fsp3) is 0.714. The van der Waals surface area contributed by atoms with Crippen LogP contribution in [-0.2, 0) is 0 Å². The van der Waals surface area contributed by atoms with E-state index in [1.807, 2.05) is 0 Å². The Kier molecular flexibility index (Phi) is 2.04. The molecule has 0 aromatic rings. The third kappa shape index (κ3) is 1.34. The van der Waals surface area contributed by atoms with Gasteiger partial charge in [0, 0.05) is 5.41 Å². The summed E-state index contributed by atoms with van der Waals surface area (Å²) in [4.78, 5) is 0. The van der Waals surface area contributed by atoms with Gasteiger partial charge in [0.15, 0.2) is 0 Å². The van der Waals surface area contributed by atoms with E-state index in [1.54, 1.807) is 0 Å². The Morgan fingerprint density at radius 1 is 1.50 bits per heavy atom. The molecule has 1 fully saturated rings. The van der Waals surface area contributed by atoms with E-state index in [0.29, 0.717) is 12.8 Å². The number of aliphatic hydroxyl groups is 1. The van der Waals surface area contributed by atoms with E-state index >= 15 is 0 Å². The van der Waals surface area contributed by atoms with Crippen LogP contribution in [0.5, 0.6) is 0 Å². The van der Waals surface area contributed by atoms with E-state index in [9.17, 15) is 8.78 Å². The van der Waals surface area contributed by atoms with E-state index in [1.165, 1.54) is 0 Å². The Labute approximate surface area is 58.4 Å². The molecule has 0 saturated heterocycles. The monoisotopic (exact) mass is 148 g/mol. The fourth-order valence-electron chi connectivity index (χ4n) is 1.21. The molecular formula is C7H10F2O. The molecule has 0 amide bonds. The Bertz CT molecular complexity index is 140. The first kappa shape index (κ1) is 7.66. The molecule has 58 valence electrons. The first-order valence-corrected chi connectivity index (χ1v) is 3.33. The molecule has 1 nitrogen and oxygen atoms in total. The average molecular weight is 148 g/mol. The Balaban J connectivity index is 2.57. The van der Waals surface area contributed by atoms with Gasteiger partial charge in [-0.2, -0.15) is 8.78 Å². The van der Waals surface area contributed by atoms with Gasteiger partial charge in [-0.3, -0.25) is 0 Å². The average Bonchev–Trinajstić information content (AvgIpc) is 1.78. The van der Waals surface area contributed by atoms with Gasteiger partial charge < -0.3 is 5.11 Å². The van der Waals surface area contributed by atoms with Crippen LogP contribution in [0.25, 0.3) is 0 Å². The second-order valence-electron chi connectivity index (χ2n) is 2.81. The van der Waals surface area contributed by atoms with Crippen LogP contribution in [0.3, 0.4) is 0 Å². The molecule has 1 aliphatic rings. The highest BCUT2D eigenvalue weighted by atomic mass is 19.3. The lowest BCUT2D eigenvalue weighted by Gasteiger charge is -2.36. The molecule has 0 bridgehead atoms. The van der Waals surface area contributed by atoms with Crippen molar-refractivity contribution in [2.24, 2.45) is 5.41 Å². The maximum Gasteiger partial charge on any atom is 0.266 e. The predicted octanol–water partition coefficient (Wildman–Crippen LogP) is 1.93. The summed E-state index contributed by atoms with van der Waals surface area (Å²) in [6, 6.07) is 0. The smallest absolute Gasteiger partial charge is 0.266 e. The summed E-state index contributed by atoms with van der Waals surface area (Å²) in [5.41, 5.74) is -0.571. The maximum absolute atomic E-state index is 11.7. The first-order valence-electron chi connectivity index (χ1n) is 3.33. The van der Waals surface area contributed by atoms with Gasteiger partial charge >= 0.3 is 0 Å². The van der Waals surface area contributed by atoms with Crippen molar-refractivity contribution < 1.29 is 13.9 Å². The van der Waals surface area contributed by atoms with Gasteiger partial charge in [-0.1, -0.05) is 6.42 Å². The summed E-state index contributed by atoms with van der Waals surface area (Å²) < 4.78 is 23.4. The number of hydrogen-bond donors (Lipinski definition) is 1. The van der Waals surface area contributed by atoms with Crippen LogP contribution in [0.1, 0.15) is 19.3 Å². The molecule has 1 aliphatic carbocycles. The molecule has 3 heteroatoms. The minimum atomic E-state index is -1.67. The summed E-state index contributed by atoms with van der Waals surface area (Å²) in [5.74, 6) is 0. The summed E-state index contributed by atoms with van der Waals surface area (Å²) in [7, 11) is 0. The highest BCUT2D eigenvalue weighted by Gasteiger charge is 2.34. The third-order valence-electron chi connectivity index (χ3n) is 2.08. The van der Waals surface area contributed by atoms with Gasteiger partial charge in [0.2, 0.25) is 0 Å². The molecule has 0 radical (unpaired) electrons. The van der Waals surface area contributed by atoms with E-state index in [4.69, 9.17) is 5.11 Å². The Morgan fingerprint density at radius 3 is 2.20 bits per heavy atom. The highest BCUT2D eigenvalue weighted by molar-refractivity contribution is 5.04. The number of hydrogen-bond acceptors (Lipinski definition) is 1. The molecule has 0 aliphatic heterocycles. The lowest BCUT2D eigenvalue weighted by Crippen LogP contribution is -2.30. The molecule has 0 unspecified atom stereocenters. The molecule has 10 heavy (non-hydrogen) atoms. The predicted molar refractivity (Wildman–Crippen MR) is 33.7 cm³/mol. The molecule has 1 rings (SSSR count). The van der Waals surface area contributed by atoms with Gasteiger partial charge in [0.05, 0.1) is 6.61 Å². The Hall–Kier alpha value is -0.440. The molecular weight excluding hydrogens is 138 g/mol. The highest BCUT2D eigenvalue weighted by Crippen LogP contribution is 2.42. The van der Waals surface area contributed by atoms with Crippen molar-refractivity contribution in [1.82, 2.24) is 0 Å². The van der Waals surface area contributed by atoms with Crippen LogP contribution in [-0.4, -0.2) is 11.7 Å². The minimum Gasteiger partial charge on any atom is -0.395 e. The van der Waals surface area contributed by atoms with E-state index in [2.05, 4.69) is 0 Å². The largest absolute Gasteiger partial charge is 0.395 e. The Morgan fingerprint density at radius 2 is 2.10 bits per heavy atom. The fourth-order valence-corrected chi connectivity index (χ4v) is 1.21. The topological polar surface area (TPSA) is 20.2 Å². The second kappa shape index (κ2) is 2.66. The van der Waals surface area contributed by atoms with E-state index in [-0.39, 0.29) is 6.61 Å². The molecule has 0 atom stereocenters. The first-order chi connectivity index (χ1) is 4.68. The zero-order valence-corrected chi connectivity index (χ0v) is 5.61. The zero-order chi connectivity index (χ0) is 7.61. The lowest BCUT2D eigenvalue weighted by atomic mass is 9.69. The van der Waals surface area contributed by atoms with Crippen molar-refractivity contribution in [3.05, 3.63) is 12.2 Å². The SMILES string of the molecule is OCC1(C=C(F)F)CCC1. The third-order valence-corrected chi connectivity index (χ3v) is 2.08. The van der Waals surface area contributed by atoms with Crippen LogP contribution in [0.15, 0.2) is 12.2 Å².